The molecule has 0 aliphatic rings. The van der Waals surface area contributed by atoms with E-state index in [9.17, 15) is 0 Å². The molecule has 0 bridgehead atoms. The van der Waals surface area contributed by atoms with Gasteiger partial charge in [-0.05, 0) is 5.92 Å². The molecular formula is C9H16N4OS. The number of hydrazine groups is 1. The normalized spacial score (nSPS) is 10.5. The maximum atomic E-state index is 5.32. The summed E-state index contributed by atoms with van der Waals surface area (Å²) in [5.41, 5.74) is 2.49. The molecule has 0 unspecified atom stereocenters. The molecule has 15 heavy (non-hydrogen) atoms. The molecule has 0 atom stereocenters. The molecule has 5 nitrogen and oxygen atoms in total. The van der Waals surface area contributed by atoms with Crippen molar-refractivity contribution in [3.8, 4) is 5.75 Å². The molecule has 0 spiro atoms. The first-order valence-electron chi connectivity index (χ1n) is 4.67. The standard InChI is InChI=1S/C9H16N4OS/c1-6(2)4-15-9-7(14-3)8(13-10)11-5-12-9/h5-6H,4,10H2,1-3H3,(H,11,12,13). The van der Waals surface area contributed by atoms with Gasteiger partial charge < -0.3 is 10.2 Å². The SMILES string of the molecule is COc1c(NN)ncnc1SCC(C)C. The first kappa shape index (κ1) is 12.1. The van der Waals surface area contributed by atoms with Crippen LogP contribution in [0.5, 0.6) is 5.75 Å². The zero-order chi connectivity index (χ0) is 11.3. The Labute approximate surface area is 93.8 Å². The highest BCUT2D eigenvalue weighted by atomic mass is 32.2. The van der Waals surface area contributed by atoms with Crippen LogP contribution in [0.3, 0.4) is 0 Å². The van der Waals surface area contributed by atoms with Gasteiger partial charge in [0.05, 0.1) is 7.11 Å². The summed E-state index contributed by atoms with van der Waals surface area (Å²) >= 11 is 1.64. The summed E-state index contributed by atoms with van der Waals surface area (Å²) in [7, 11) is 1.58. The molecule has 0 saturated heterocycles. The molecule has 1 aromatic rings. The van der Waals surface area contributed by atoms with Gasteiger partial charge in [0.1, 0.15) is 11.4 Å². The number of nitrogen functional groups attached to an aromatic ring is 1. The van der Waals surface area contributed by atoms with Crippen LogP contribution in [-0.2, 0) is 0 Å². The van der Waals surface area contributed by atoms with Crippen LogP contribution in [0.1, 0.15) is 13.8 Å². The van der Waals surface area contributed by atoms with Gasteiger partial charge in [0, 0.05) is 5.75 Å². The van der Waals surface area contributed by atoms with Crippen LogP contribution in [0.25, 0.3) is 0 Å². The molecule has 6 heteroatoms. The Hall–Kier alpha value is -1.01. The molecule has 0 saturated carbocycles. The second kappa shape index (κ2) is 5.77. The Balaban J connectivity index is 2.86. The van der Waals surface area contributed by atoms with Crippen LogP contribution in [0, 0.1) is 5.92 Å². The molecular weight excluding hydrogens is 212 g/mol. The second-order valence-electron chi connectivity index (χ2n) is 3.41. The van der Waals surface area contributed by atoms with E-state index in [0.29, 0.717) is 17.5 Å². The fraction of sp³-hybridized carbons (Fsp3) is 0.556. The van der Waals surface area contributed by atoms with Crippen molar-refractivity contribution >= 4 is 17.6 Å². The van der Waals surface area contributed by atoms with Gasteiger partial charge >= 0.3 is 0 Å². The number of thioether (sulfide) groups is 1. The summed E-state index contributed by atoms with van der Waals surface area (Å²) in [6, 6.07) is 0. The van der Waals surface area contributed by atoms with Crippen molar-refractivity contribution in [2.75, 3.05) is 18.3 Å². The van der Waals surface area contributed by atoms with Crippen molar-refractivity contribution in [2.24, 2.45) is 11.8 Å². The summed E-state index contributed by atoms with van der Waals surface area (Å²) < 4.78 is 5.21. The maximum absolute atomic E-state index is 5.32. The van der Waals surface area contributed by atoms with E-state index in [2.05, 4.69) is 29.2 Å². The van der Waals surface area contributed by atoms with Gasteiger partial charge in [-0.2, -0.15) is 0 Å². The van der Waals surface area contributed by atoms with Crippen LogP contribution in [0.15, 0.2) is 11.4 Å². The molecule has 3 N–H and O–H groups in total. The second-order valence-corrected chi connectivity index (χ2v) is 4.42. The van der Waals surface area contributed by atoms with Gasteiger partial charge in [0.25, 0.3) is 0 Å². The van der Waals surface area contributed by atoms with E-state index in [4.69, 9.17) is 10.6 Å². The van der Waals surface area contributed by atoms with E-state index in [-0.39, 0.29) is 0 Å². The number of nitrogens with two attached hydrogens (primary N) is 1. The number of aromatic nitrogens is 2. The van der Waals surface area contributed by atoms with Crippen molar-refractivity contribution < 1.29 is 4.74 Å². The average molecular weight is 228 g/mol. The van der Waals surface area contributed by atoms with Crippen LogP contribution in [-0.4, -0.2) is 22.8 Å². The molecule has 1 rings (SSSR count). The largest absolute Gasteiger partial charge is 0.490 e. The molecule has 1 aromatic heterocycles. The number of methoxy groups -OCH3 is 1. The predicted octanol–water partition coefficient (Wildman–Crippen LogP) is 1.52. The summed E-state index contributed by atoms with van der Waals surface area (Å²) in [4.78, 5) is 8.13. The van der Waals surface area contributed by atoms with Crippen LogP contribution >= 0.6 is 11.8 Å². The molecule has 0 radical (unpaired) electrons. The zero-order valence-corrected chi connectivity index (χ0v) is 9.97. The number of rotatable bonds is 5. The highest BCUT2D eigenvalue weighted by molar-refractivity contribution is 7.99. The molecule has 0 aliphatic heterocycles. The number of nitrogens with one attached hydrogen (secondary N) is 1. The number of ether oxygens (including phenoxy) is 1. The molecule has 1 heterocycles. The van der Waals surface area contributed by atoms with E-state index in [0.717, 1.165) is 10.8 Å². The Morgan fingerprint density at radius 2 is 2.27 bits per heavy atom. The van der Waals surface area contributed by atoms with E-state index >= 15 is 0 Å². The van der Waals surface area contributed by atoms with Gasteiger partial charge in [-0.25, -0.2) is 15.8 Å². The summed E-state index contributed by atoms with van der Waals surface area (Å²) in [5, 5.41) is 0.814. The van der Waals surface area contributed by atoms with Crippen molar-refractivity contribution in [3.05, 3.63) is 6.33 Å². The highest BCUT2D eigenvalue weighted by Crippen LogP contribution is 2.32. The summed E-state index contributed by atoms with van der Waals surface area (Å²) in [5.74, 6) is 8.02. The van der Waals surface area contributed by atoms with Crippen LogP contribution in [0.2, 0.25) is 0 Å². The van der Waals surface area contributed by atoms with Gasteiger partial charge in [0.2, 0.25) is 0 Å². The molecule has 84 valence electrons. The first-order valence-corrected chi connectivity index (χ1v) is 5.66. The topological polar surface area (TPSA) is 73.1 Å². The lowest BCUT2D eigenvalue weighted by atomic mass is 10.3. The Bertz CT molecular complexity index is 319. The molecule has 0 aliphatic carbocycles. The third-order valence-electron chi connectivity index (χ3n) is 1.67. The monoisotopic (exact) mass is 228 g/mol. The molecule has 0 amide bonds. The fourth-order valence-electron chi connectivity index (χ4n) is 0.993. The van der Waals surface area contributed by atoms with Crippen molar-refractivity contribution in [2.45, 2.75) is 18.9 Å². The number of nitrogens with zero attached hydrogens (tertiary/aromatic N) is 2. The van der Waals surface area contributed by atoms with E-state index < -0.39 is 0 Å². The lowest BCUT2D eigenvalue weighted by molar-refractivity contribution is 0.400. The third kappa shape index (κ3) is 3.24. The van der Waals surface area contributed by atoms with Crippen molar-refractivity contribution in [3.63, 3.8) is 0 Å². The van der Waals surface area contributed by atoms with Gasteiger partial charge in [-0.15, -0.1) is 11.8 Å². The summed E-state index contributed by atoms with van der Waals surface area (Å²) in [6.45, 7) is 4.31. The van der Waals surface area contributed by atoms with E-state index in [1.165, 1.54) is 6.33 Å². The smallest absolute Gasteiger partial charge is 0.195 e. The Morgan fingerprint density at radius 3 is 2.80 bits per heavy atom. The Kier molecular flexibility index (Phi) is 4.64. The maximum Gasteiger partial charge on any atom is 0.195 e. The minimum atomic E-state index is 0.513. The lowest BCUT2D eigenvalue weighted by Crippen LogP contribution is -2.11. The van der Waals surface area contributed by atoms with Crippen LogP contribution < -0.4 is 16.0 Å². The van der Waals surface area contributed by atoms with Crippen molar-refractivity contribution in [1.82, 2.24) is 9.97 Å². The zero-order valence-electron chi connectivity index (χ0n) is 9.15. The highest BCUT2D eigenvalue weighted by Gasteiger charge is 2.11. The molecule has 0 fully saturated rings. The minimum absolute atomic E-state index is 0.513. The van der Waals surface area contributed by atoms with E-state index in [1.54, 1.807) is 18.9 Å². The van der Waals surface area contributed by atoms with Gasteiger partial charge in [-0.1, -0.05) is 13.8 Å². The number of hydrogen-bond acceptors (Lipinski definition) is 6. The first-order chi connectivity index (χ1) is 7.19. The quantitative estimate of drug-likeness (QED) is 0.344. The number of anilines is 1. The van der Waals surface area contributed by atoms with Gasteiger partial charge in [-0.3, -0.25) is 0 Å². The minimum Gasteiger partial charge on any atom is -0.490 e. The average Bonchev–Trinajstić information content (AvgIpc) is 2.25. The van der Waals surface area contributed by atoms with E-state index in [1.807, 2.05) is 0 Å². The van der Waals surface area contributed by atoms with Gasteiger partial charge in [0.15, 0.2) is 11.6 Å². The summed E-state index contributed by atoms with van der Waals surface area (Å²) in [6.07, 6.45) is 1.47. The van der Waals surface area contributed by atoms with Crippen LogP contribution in [0.4, 0.5) is 5.82 Å². The number of hydrogen-bond donors (Lipinski definition) is 2. The van der Waals surface area contributed by atoms with Crippen molar-refractivity contribution in [1.29, 1.82) is 0 Å². The fourth-order valence-corrected chi connectivity index (χ4v) is 1.92. The molecule has 0 aromatic carbocycles. The third-order valence-corrected chi connectivity index (χ3v) is 3.06. The predicted molar refractivity (Wildman–Crippen MR) is 62.0 cm³/mol. The lowest BCUT2D eigenvalue weighted by Gasteiger charge is -2.11. The Morgan fingerprint density at radius 1 is 1.53 bits per heavy atom.